The number of amides is 1. The van der Waals surface area contributed by atoms with Gasteiger partial charge in [-0.1, -0.05) is 35.0 Å². The molecular formula is C17H18ClN3O3. The molecule has 4 rings (SSSR count). The number of likely N-dealkylation sites (tertiary alicyclic amines) is 1. The van der Waals surface area contributed by atoms with Gasteiger partial charge in [-0.2, -0.15) is 4.98 Å². The minimum Gasteiger partial charge on any atom is -0.391 e. The number of nitrogens with zero attached hydrogens (tertiary/aromatic N) is 3. The molecule has 126 valence electrons. The van der Waals surface area contributed by atoms with Crippen molar-refractivity contribution >= 4 is 17.5 Å². The summed E-state index contributed by atoms with van der Waals surface area (Å²) in [6.45, 7) is 2.04. The van der Waals surface area contributed by atoms with E-state index in [1.807, 2.05) is 24.3 Å². The van der Waals surface area contributed by atoms with Crippen molar-refractivity contribution in [3.63, 3.8) is 0 Å². The molecule has 0 spiro atoms. The van der Waals surface area contributed by atoms with E-state index in [1.165, 1.54) is 0 Å². The normalized spacial score (nSPS) is 29.0. The Balaban J connectivity index is 1.53. The van der Waals surface area contributed by atoms with Crippen molar-refractivity contribution in [2.75, 3.05) is 6.54 Å². The molecule has 1 aliphatic carbocycles. The fourth-order valence-electron chi connectivity index (χ4n) is 3.54. The summed E-state index contributed by atoms with van der Waals surface area (Å²) in [5, 5.41) is 14.5. The molecule has 4 atom stereocenters. The van der Waals surface area contributed by atoms with E-state index < -0.39 is 6.10 Å². The number of aromatic nitrogens is 2. The molecule has 2 aliphatic rings. The number of aliphatic hydroxyl groups excluding tert-OH is 1. The number of hydrogen-bond donors (Lipinski definition) is 1. The highest BCUT2D eigenvalue weighted by molar-refractivity contribution is 6.31. The summed E-state index contributed by atoms with van der Waals surface area (Å²) in [5.74, 6) is 1.000. The largest absolute Gasteiger partial charge is 0.391 e. The molecular weight excluding hydrogens is 330 g/mol. The monoisotopic (exact) mass is 347 g/mol. The number of carbonyl (C=O) groups is 1. The Morgan fingerprint density at radius 2 is 2.17 bits per heavy atom. The van der Waals surface area contributed by atoms with Crippen LogP contribution in [0, 0.1) is 12.8 Å². The number of hydrogen-bond acceptors (Lipinski definition) is 5. The maximum atomic E-state index is 12.9. The quantitative estimate of drug-likeness (QED) is 0.922. The Labute approximate surface area is 144 Å². The molecule has 1 N–H and O–H groups in total. The zero-order valence-electron chi connectivity index (χ0n) is 13.2. The van der Waals surface area contributed by atoms with Crippen LogP contribution < -0.4 is 0 Å². The van der Waals surface area contributed by atoms with Crippen LogP contribution in [0.5, 0.6) is 0 Å². The Morgan fingerprint density at radius 3 is 2.88 bits per heavy atom. The highest BCUT2D eigenvalue weighted by Crippen LogP contribution is 2.51. The third-order valence-corrected chi connectivity index (χ3v) is 5.15. The number of aryl methyl sites for hydroxylation is 1. The van der Waals surface area contributed by atoms with E-state index >= 15 is 0 Å². The standard InChI is InChI=1S/C17H18ClN3O3/c1-9-19-16(24-20-9)15-6-10(22)8-21(15)17(23)13-7-12(13)11-4-2-3-5-14(11)18/h2-5,10,12-13,15,22H,6-8H2,1H3/t10-,12?,13?,15-/m1/s1. The summed E-state index contributed by atoms with van der Waals surface area (Å²) in [6, 6.07) is 7.29. The maximum Gasteiger partial charge on any atom is 0.249 e. The third-order valence-electron chi connectivity index (χ3n) is 4.80. The van der Waals surface area contributed by atoms with E-state index in [1.54, 1.807) is 11.8 Å². The average Bonchev–Trinajstić information content (AvgIpc) is 3.07. The molecule has 2 unspecified atom stereocenters. The summed E-state index contributed by atoms with van der Waals surface area (Å²) in [4.78, 5) is 18.8. The summed E-state index contributed by atoms with van der Waals surface area (Å²) in [6.07, 6.45) is 0.644. The van der Waals surface area contributed by atoms with Crippen molar-refractivity contribution in [2.24, 2.45) is 5.92 Å². The lowest BCUT2D eigenvalue weighted by Gasteiger charge is -2.21. The van der Waals surface area contributed by atoms with Gasteiger partial charge in [0.25, 0.3) is 0 Å². The second kappa shape index (κ2) is 5.86. The van der Waals surface area contributed by atoms with Crippen LogP contribution >= 0.6 is 11.6 Å². The van der Waals surface area contributed by atoms with Crippen LogP contribution in [0.3, 0.4) is 0 Å². The molecule has 1 saturated carbocycles. The first kappa shape index (κ1) is 15.6. The molecule has 2 aromatic rings. The topological polar surface area (TPSA) is 79.5 Å². The summed E-state index contributed by atoms with van der Waals surface area (Å²) >= 11 is 6.24. The highest BCUT2D eigenvalue weighted by Gasteiger charge is 2.50. The highest BCUT2D eigenvalue weighted by atomic mass is 35.5. The number of halogens is 1. The predicted molar refractivity (Wildman–Crippen MR) is 86.4 cm³/mol. The Bertz CT molecular complexity index is 778. The Kier molecular flexibility index (Phi) is 3.81. The average molecular weight is 348 g/mol. The number of rotatable bonds is 3. The molecule has 6 nitrogen and oxygen atoms in total. The minimum atomic E-state index is -0.566. The maximum absolute atomic E-state index is 12.9. The van der Waals surface area contributed by atoms with Gasteiger partial charge in [0.2, 0.25) is 11.8 Å². The first-order valence-corrected chi connectivity index (χ1v) is 8.45. The lowest BCUT2D eigenvalue weighted by Crippen LogP contribution is -2.33. The van der Waals surface area contributed by atoms with E-state index in [0.29, 0.717) is 29.7 Å². The Morgan fingerprint density at radius 1 is 1.38 bits per heavy atom. The molecule has 0 radical (unpaired) electrons. The van der Waals surface area contributed by atoms with E-state index in [0.717, 1.165) is 12.0 Å². The van der Waals surface area contributed by atoms with Crippen molar-refractivity contribution in [2.45, 2.75) is 37.8 Å². The van der Waals surface area contributed by atoms with E-state index in [-0.39, 0.29) is 23.8 Å². The predicted octanol–water partition coefficient (Wildman–Crippen LogP) is 2.47. The summed E-state index contributed by atoms with van der Waals surface area (Å²) in [5.41, 5.74) is 1.02. The number of β-amino-alcohol motifs (C(OH)–C–C–N with tert-alkyl or cyclic N) is 1. The molecule has 2 heterocycles. The number of carbonyl (C=O) groups excluding carboxylic acids is 1. The Hall–Kier alpha value is -1.92. The van der Waals surface area contributed by atoms with Gasteiger partial charge < -0.3 is 14.5 Å². The van der Waals surface area contributed by atoms with Crippen molar-refractivity contribution in [1.82, 2.24) is 15.0 Å². The van der Waals surface area contributed by atoms with Gasteiger partial charge >= 0.3 is 0 Å². The molecule has 0 bridgehead atoms. The summed E-state index contributed by atoms with van der Waals surface area (Å²) in [7, 11) is 0. The van der Waals surface area contributed by atoms with Crippen LogP contribution in [-0.4, -0.2) is 38.7 Å². The van der Waals surface area contributed by atoms with Gasteiger partial charge in [0.1, 0.15) is 6.04 Å². The molecule has 1 aliphatic heterocycles. The van der Waals surface area contributed by atoms with Crippen LogP contribution in [0.15, 0.2) is 28.8 Å². The number of benzene rings is 1. The van der Waals surface area contributed by atoms with Gasteiger partial charge in [0.15, 0.2) is 5.82 Å². The second-order valence-corrected chi connectivity index (χ2v) is 6.95. The van der Waals surface area contributed by atoms with Crippen LogP contribution in [-0.2, 0) is 4.79 Å². The lowest BCUT2D eigenvalue weighted by molar-refractivity contribution is -0.134. The van der Waals surface area contributed by atoms with Gasteiger partial charge in [0, 0.05) is 23.9 Å². The molecule has 1 saturated heterocycles. The zero-order valence-corrected chi connectivity index (χ0v) is 14.0. The number of aliphatic hydroxyl groups is 1. The van der Waals surface area contributed by atoms with Gasteiger partial charge in [-0.3, -0.25) is 4.79 Å². The van der Waals surface area contributed by atoms with E-state index in [4.69, 9.17) is 16.1 Å². The first-order valence-electron chi connectivity index (χ1n) is 8.07. The zero-order chi connectivity index (χ0) is 16.8. The third kappa shape index (κ3) is 2.70. The molecule has 1 aromatic carbocycles. The van der Waals surface area contributed by atoms with Gasteiger partial charge in [-0.25, -0.2) is 0 Å². The molecule has 24 heavy (non-hydrogen) atoms. The molecule has 2 fully saturated rings. The van der Waals surface area contributed by atoms with Crippen molar-refractivity contribution in [1.29, 1.82) is 0 Å². The van der Waals surface area contributed by atoms with Crippen LogP contribution in [0.25, 0.3) is 0 Å². The van der Waals surface area contributed by atoms with Crippen LogP contribution in [0.2, 0.25) is 5.02 Å². The molecule has 1 amide bonds. The van der Waals surface area contributed by atoms with Crippen molar-refractivity contribution in [3.8, 4) is 0 Å². The summed E-state index contributed by atoms with van der Waals surface area (Å²) < 4.78 is 5.22. The fraction of sp³-hybridized carbons (Fsp3) is 0.471. The smallest absolute Gasteiger partial charge is 0.249 e. The van der Waals surface area contributed by atoms with Gasteiger partial charge in [-0.15, -0.1) is 0 Å². The van der Waals surface area contributed by atoms with E-state index in [9.17, 15) is 9.90 Å². The van der Waals surface area contributed by atoms with Crippen molar-refractivity contribution < 1.29 is 14.4 Å². The second-order valence-electron chi connectivity index (χ2n) is 6.55. The SMILES string of the molecule is Cc1noc([C@H]2C[C@@H](O)CN2C(=O)C2CC2c2ccccc2Cl)n1. The van der Waals surface area contributed by atoms with Crippen molar-refractivity contribution in [3.05, 3.63) is 46.6 Å². The van der Waals surface area contributed by atoms with Gasteiger partial charge in [0.05, 0.1) is 6.10 Å². The fourth-order valence-corrected chi connectivity index (χ4v) is 3.82. The molecule has 7 heteroatoms. The van der Waals surface area contributed by atoms with Crippen LogP contribution in [0.1, 0.15) is 42.1 Å². The molecule has 1 aromatic heterocycles. The first-order chi connectivity index (χ1) is 11.5. The lowest BCUT2D eigenvalue weighted by atomic mass is 10.1. The van der Waals surface area contributed by atoms with Gasteiger partial charge in [-0.05, 0) is 30.9 Å². The van der Waals surface area contributed by atoms with E-state index in [2.05, 4.69) is 10.1 Å². The minimum absolute atomic E-state index is 0.0253. The van der Waals surface area contributed by atoms with Crippen LogP contribution in [0.4, 0.5) is 0 Å².